The van der Waals surface area contributed by atoms with Crippen molar-refractivity contribution in [1.29, 1.82) is 0 Å². The van der Waals surface area contributed by atoms with Crippen LogP contribution in [-0.4, -0.2) is 80.5 Å². The van der Waals surface area contributed by atoms with Gasteiger partial charge in [-0.15, -0.1) is 0 Å². The molecule has 4 aliphatic rings. The van der Waals surface area contributed by atoms with Crippen LogP contribution in [0.5, 0.6) is 0 Å². The van der Waals surface area contributed by atoms with Crippen LogP contribution in [0, 0.1) is 22.7 Å². The average molecular weight is 671 g/mol. The fraction of sp³-hybridized carbons (Fsp3) is 0.703. The number of ether oxygens (including phenoxy) is 4. The second-order valence-corrected chi connectivity index (χ2v) is 19.8. The molecule has 1 unspecified atom stereocenters. The van der Waals surface area contributed by atoms with Gasteiger partial charge in [0.15, 0.2) is 19.7 Å². The minimum absolute atomic E-state index is 0.000229. The second kappa shape index (κ2) is 12.5. The minimum atomic E-state index is -2.35. The summed E-state index contributed by atoms with van der Waals surface area (Å²) in [6.07, 6.45) is -3.00. The van der Waals surface area contributed by atoms with Gasteiger partial charge < -0.3 is 28.5 Å². The van der Waals surface area contributed by atoms with Crippen molar-refractivity contribution < 1.29 is 42.9 Å². The lowest BCUT2D eigenvalue weighted by Gasteiger charge is -2.68. The van der Waals surface area contributed by atoms with Gasteiger partial charge in [0.1, 0.15) is 23.9 Å². The zero-order valence-corrected chi connectivity index (χ0v) is 30.8. The Morgan fingerprint density at radius 1 is 1.06 bits per heavy atom. The number of hydrogen-bond acceptors (Lipinski definition) is 9. The van der Waals surface area contributed by atoms with E-state index in [0.717, 1.165) is 23.7 Å². The molecule has 0 amide bonds. The highest BCUT2D eigenvalue weighted by atomic mass is 28.4. The SMILES string of the molecule is CC[Si](CC)(CC)O[C@H]1C[C@H]2OC[C@@]2(OC(C)=O)C2[C@H](OC(=O)c3ccccc3)[C@]3(O)C[C@H](C)C(C)=C([C@@H](OC)C(=O)[C@@]21C)C3(C)C. The summed E-state index contributed by atoms with van der Waals surface area (Å²) in [5, 5.41) is 13.4. The van der Waals surface area contributed by atoms with Crippen molar-refractivity contribution in [1.82, 2.24) is 0 Å². The van der Waals surface area contributed by atoms with Crippen molar-refractivity contribution in [2.45, 2.75) is 129 Å². The Morgan fingerprint density at radius 3 is 2.19 bits per heavy atom. The van der Waals surface area contributed by atoms with Crippen LogP contribution in [0.4, 0.5) is 0 Å². The first-order valence-electron chi connectivity index (χ1n) is 17.3. The predicted molar refractivity (Wildman–Crippen MR) is 179 cm³/mol. The molecule has 260 valence electrons. The summed E-state index contributed by atoms with van der Waals surface area (Å²) in [6.45, 7) is 17.4. The van der Waals surface area contributed by atoms with Crippen LogP contribution in [-0.2, 0) is 33.0 Å². The number of ketones is 1. The van der Waals surface area contributed by atoms with Crippen molar-refractivity contribution >= 4 is 26.0 Å². The number of fused-ring (bicyclic) bond motifs is 5. The first kappa shape index (κ1) is 35.9. The number of carbonyl (C=O) groups excluding carboxylic acids is 3. The molecule has 3 fully saturated rings. The van der Waals surface area contributed by atoms with Crippen molar-refractivity contribution in [3.63, 3.8) is 0 Å². The summed E-state index contributed by atoms with van der Waals surface area (Å²) in [4.78, 5) is 42.6. The molecule has 1 aromatic rings. The summed E-state index contributed by atoms with van der Waals surface area (Å²) in [5.74, 6) is -2.56. The van der Waals surface area contributed by atoms with Crippen LogP contribution in [0.15, 0.2) is 41.5 Å². The molecule has 1 N–H and O–H groups in total. The summed E-state index contributed by atoms with van der Waals surface area (Å²) in [7, 11) is -0.817. The first-order chi connectivity index (χ1) is 22.0. The Morgan fingerprint density at radius 2 is 1.68 bits per heavy atom. The van der Waals surface area contributed by atoms with Crippen molar-refractivity contribution in [3.05, 3.63) is 47.0 Å². The van der Waals surface area contributed by atoms with Gasteiger partial charge in [0, 0.05) is 25.9 Å². The third-order valence-corrected chi connectivity index (χ3v) is 17.5. The molecule has 10 heteroatoms. The third kappa shape index (κ3) is 5.20. The highest BCUT2D eigenvalue weighted by Crippen LogP contribution is 2.65. The zero-order chi connectivity index (χ0) is 34.7. The van der Waals surface area contributed by atoms with Gasteiger partial charge in [-0.1, -0.05) is 65.3 Å². The number of hydrogen-bond donors (Lipinski definition) is 1. The fourth-order valence-electron chi connectivity index (χ4n) is 9.56. The van der Waals surface area contributed by atoms with E-state index in [0.29, 0.717) is 17.6 Å². The molecule has 3 aliphatic carbocycles. The Balaban J connectivity index is 1.86. The average Bonchev–Trinajstić information content (AvgIpc) is 3.03. The number of methoxy groups -OCH3 is 1. The number of carbonyl (C=O) groups is 3. The topological polar surface area (TPSA) is 118 Å². The molecule has 1 aliphatic heterocycles. The molecule has 2 bridgehead atoms. The molecule has 1 heterocycles. The number of rotatable bonds is 9. The number of benzene rings is 1. The monoisotopic (exact) mass is 670 g/mol. The van der Waals surface area contributed by atoms with Gasteiger partial charge in [0.2, 0.25) is 0 Å². The fourth-order valence-corrected chi connectivity index (χ4v) is 12.5. The maximum absolute atomic E-state index is 15.6. The molecule has 2 saturated carbocycles. The lowest BCUT2D eigenvalue weighted by molar-refractivity contribution is -0.344. The zero-order valence-electron chi connectivity index (χ0n) is 29.8. The molecule has 0 aromatic heterocycles. The predicted octanol–water partition coefficient (Wildman–Crippen LogP) is 6.04. The van der Waals surface area contributed by atoms with E-state index >= 15 is 4.79 Å². The maximum Gasteiger partial charge on any atom is 0.338 e. The molecular weight excluding hydrogens is 616 g/mol. The van der Waals surface area contributed by atoms with Crippen molar-refractivity contribution in [2.75, 3.05) is 13.7 Å². The Labute approximate surface area is 280 Å². The van der Waals surface area contributed by atoms with Crippen LogP contribution >= 0.6 is 0 Å². The van der Waals surface area contributed by atoms with E-state index in [1.807, 2.05) is 40.7 Å². The van der Waals surface area contributed by atoms with Gasteiger partial charge in [-0.2, -0.15) is 0 Å². The first-order valence-corrected chi connectivity index (χ1v) is 19.8. The quantitative estimate of drug-likeness (QED) is 0.191. The molecule has 9 nitrogen and oxygen atoms in total. The third-order valence-electron chi connectivity index (χ3n) is 12.8. The summed E-state index contributed by atoms with van der Waals surface area (Å²) in [6, 6.07) is 11.2. The van der Waals surface area contributed by atoms with E-state index in [2.05, 4.69) is 20.8 Å². The number of allylic oxidation sites excluding steroid dienone is 1. The highest BCUT2D eigenvalue weighted by Gasteiger charge is 2.78. The Hall–Kier alpha value is -2.37. The van der Waals surface area contributed by atoms with Crippen molar-refractivity contribution in [3.8, 4) is 0 Å². The highest BCUT2D eigenvalue weighted by molar-refractivity contribution is 6.73. The van der Waals surface area contributed by atoms with Gasteiger partial charge in [0.05, 0.1) is 29.6 Å². The van der Waals surface area contributed by atoms with E-state index in [1.165, 1.54) is 14.0 Å². The van der Waals surface area contributed by atoms with E-state index in [4.69, 9.17) is 23.4 Å². The largest absolute Gasteiger partial charge is 0.455 e. The van der Waals surface area contributed by atoms with Gasteiger partial charge >= 0.3 is 11.9 Å². The Bertz CT molecular complexity index is 1410. The van der Waals surface area contributed by atoms with E-state index in [9.17, 15) is 14.7 Å². The molecule has 9 atom stereocenters. The van der Waals surface area contributed by atoms with Crippen LogP contribution < -0.4 is 0 Å². The van der Waals surface area contributed by atoms with Gasteiger partial charge in [0.25, 0.3) is 0 Å². The number of aliphatic hydroxyl groups is 1. The summed E-state index contributed by atoms with van der Waals surface area (Å²) < 4.78 is 32.5. The standard InChI is InChI=1S/C37H54O9Si/c1-11-47(12-2,13-3)46-26-19-27-36(21-43-27,45-24(6)38)30-32(44-33(40)25-17-15-14-16-18-25)37(41)20-22(4)23(5)28(34(37,7)8)29(42-10)31(39)35(26,30)9/h14-18,22,26-27,29-30,32,41H,11-13,19-21H2,1-10H3/t22-,26-,27+,29+,30?,32-,35+,36-,37+/m0/s1. The smallest absolute Gasteiger partial charge is 0.338 e. The van der Waals surface area contributed by atoms with Crippen LogP contribution in [0.25, 0.3) is 0 Å². The minimum Gasteiger partial charge on any atom is -0.455 e. The lowest BCUT2D eigenvalue weighted by Crippen LogP contribution is -2.82. The molecule has 0 radical (unpaired) electrons. The van der Waals surface area contributed by atoms with Crippen LogP contribution in [0.3, 0.4) is 0 Å². The summed E-state index contributed by atoms with van der Waals surface area (Å²) >= 11 is 0. The molecule has 47 heavy (non-hydrogen) atoms. The molecule has 0 spiro atoms. The van der Waals surface area contributed by atoms with Crippen LogP contribution in [0.1, 0.15) is 85.5 Å². The van der Waals surface area contributed by atoms with Gasteiger partial charge in [-0.25, -0.2) is 4.79 Å². The van der Waals surface area contributed by atoms with Crippen molar-refractivity contribution in [2.24, 2.45) is 22.7 Å². The number of esters is 2. The van der Waals surface area contributed by atoms with E-state index < -0.39 is 72.6 Å². The number of Topliss-reactive ketones (excluding diaryl/α,β-unsaturated/α-hetero) is 1. The molecule has 1 aromatic carbocycles. The molecule has 1 saturated heterocycles. The van der Waals surface area contributed by atoms with E-state index in [-0.39, 0.29) is 24.7 Å². The van der Waals surface area contributed by atoms with Crippen LogP contribution in [0.2, 0.25) is 18.1 Å². The summed E-state index contributed by atoms with van der Waals surface area (Å²) in [5.41, 5.74) is -3.55. The lowest BCUT2D eigenvalue weighted by atomic mass is 9.44. The van der Waals surface area contributed by atoms with E-state index in [1.54, 1.807) is 24.3 Å². The normalized spacial score (nSPS) is 37.9. The van der Waals surface area contributed by atoms with Gasteiger partial charge in [-0.3, -0.25) is 9.59 Å². The van der Waals surface area contributed by atoms with Gasteiger partial charge in [-0.05, 0) is 62.0 Å². The second-order valence-electron chi connectivity index (χ2n) is 15.1. The molecular formula is C37H54O9Si. The maximum atomic E-state index is 15.6. The molecule has 5 rings (SSSR count). The Kier molecular flexibility index (Phi) is 9.56.